The first-order chi connectivity index (χ1) is 9.33. The highest BCUT2D eigenvalue weighted by Crippen LogP contribution is 2.12. The molecule has 2 aromatic rings. The zero-order chi connectivity index (χ0) is 13.1. The fourth-order valence-electron chi connectivity index (χ4n) is 2.16. The van der Waals surface area contributed by atoms with Crippen LogP contribution >= 0.6 is 0 Å². The summed E-state index contributed by atoms with van der Waals surface area (Å²) in [4.78, 5) is 6.50. The summed E-state index contributed by atoms with van der Waals surface area (Å²) in [6.07, 6.45) is 0.175. The van der Waals surface area contributed by atoms with Crippen LogP contribution in [-0.2, 0) is 4.74 Å². The topological polar surface area (TPSA) is 63.2 Å². The molecule has 1 aromatic carbocycles. The standard InChI is InChI=1S/C13H17N5O/c1-18(9-10-8-14-6-7-19-10)13-15-11-4-2-3-5-12(11)16-17-13/h2-5,10,14H,6-9H2,1H3. The van der Waals surface area contributed by atoms with Crippen molar-refractivity contribution in [1.29, 1.82) is 0 Å². The molecular formula is C13H17N5O. The van der Waals surface area contributed by atoms with Crippen LogP contribution in [0.2, 0.25) is 0 Å². The third kappa shape index (κ3) is 2.80. The van der Waals surface area contributed by atoms with Crippen molar-refractivity contribution in [2.45, 2.75) is 6.10 Å². The molecule has 0 saturated carbocycles. The number of benzene rings is 1. The lowest BCUT2D eigenvalue weighted by molar-refractivity contribution is 0.0338. The number of rotatable bonds is 3. The van der Waals surface area contributed by atoms with Gasteiger partial charge >= 0.3 is 0 Å². The average molecular weight is 259 g/mol. The van der Waals surface area contributed by atoms with E-state index < -0.39 is 0 Å². The van der Waals surface area contributed by atoms with Crippen LogP contribution in [0.1, 0.15) is 0 Å². The van der Waals surface area contributed by atoms with E-state index in [4.69, 9.17) is 4.74 Å². The van der Waals surface area contributed by atoms with Crippen molar-refractivity contribution < 1.29 is 4.74 Å². The molecule has 3 rings (SSSR count). The lowest BCUT2D eigenvalue weighted by Gasteiger charge is -2.27. The number of morpholine rings is 1. The summed E-state index contributed by atoms with van der Waals surface area (Å²) in [5, 5.41) is 11.7. The Balaban J connectivity index is 1.75. The number of hydrogen-bond acceptors (Lipinski definition) is 6. The van der Waals surface area contributed by atoms with Gasteiger partial charge in [0.25, 0.3) is 0 Å². The fourth-order valence-corrected chi connectivity index (χ4v) is 2.16. The van der Waals surface area contributed by atoms with Crippen LogP contribution in [0, 0.1) is 0 Å². The van der Waals surface area contributed by atoms with Crippen LogP contribution in [0.25, 0.3) is 11.0 Å². The summed E-state index contributed by atoms with van der Waals surface area (Å²) in [5.74, 6) is 0.632. The van der Waals surface area contributed by atoms with Crippen molar-refractivity contribution >= 4 is 17.0 Å². The van der Waals surface area contributed by atoms with Crippen LogP contribution < -0.4 is 10.2 Å². The number of hydrogen-bond donors (Lipinski definition) is 1. The van der Waals surface area contributed by atoms with Crippen molar-refractivity contribution in [2.75, 3.05) is 38.2 Å². The van der Waals surface area contributed by atoms with Gasteiger partial charge in [-0.3, -0.25) is 0 Å². The molecular weight excluding hydrogens is 242 g/mol. The predicted molar refractivity (Wildman–Crippen MR) is 73.2 cm³/mol. The molecule has 1 aromatic heterocycles. The van der Waals surface area contributed by atoms with Crippen LogP contribution in [0.3, 0.4) is 0 Å². The summed E-state index contributed by atoms with van der Waals surface area (Å²) in [6.45, 7) is 3.31. The van der Waals surface area contributed by atoms with E-state index in [9.17, 15) is 0 Å². The number of nitrogens with one attached hydrogen (secondary N) is 1. The zero-order valence-electron chi connectivity index (χ0n) is 10.9. The number of ether oxygens (including phenoxy) is 1. The summed E-state index contributed by atoms with van der Waals surface area (Å²) in [6, 6.07) is 7.74. The maximum absolute atomic E-state index is 5.68. The molecule has 6 nitrogen and oxygen atoms in total. The highest BCUT2D eigenvalue weighted by molar-refractivity contribution is 5.74. The Kier molecular flexibility index (Phi) is 3.52. The summed E-state index contributed by atoms with van der Waals surface area (Å²) >= 11 is 0. The summed E-state index contributed by atoms with van der Waals surface area (Å²) in [5.41, 5.74) is 1.68. The van der Waals surface area contributed by atoms with Crippen LogP contribution in [0.5, 0.6) is 0 Å². The molecule has 1 fully saturated rings. The van der Waals surface area contributed by atoms with Crippen molar-refractivity contribution in [3.05, 3.63) is 24.3 Å². The monoisotopic (exact) mass is 259 g/mol. The Hall–Kier alpha value is -1.79. The molecule has 19 heavy (non-hydrogen) atoms. The molecule has 1 N–H and O–H groups in total. The highest BCUT2D eigenvalue weighted by Gasteiger charge is 2.17. The molecule has 1 aliphatic rings. The van der Waals surface area contributed by atoms with E-state index >= 15 is 0 Å². The second-order valence-corrected chi connectivity index (χ2v) is 4.68. The van der Waals surface area contributed by atoms with Crippen LogP contribution in [-0.4, -0.2) is 54.6 Å². The molecule has 2 heterocycles. The molecule has 1 unspecified atom stereocenters. The van der Waals surface area contributed by atoms with Gasteiger partial charge in [-0.1, -0.05) is 12.1 Å². The molecule has 1 atom stereocenters. The summed E-state index contributed by atoms with van der Waals surface area (Å²) < 4.78 is 5.68. The van der Waals surface area contributed by atoms with Gasteiger partial charge in [0.05, 0.1) is 18.2 Å². The molecule has 100 valence electrons. The average Bonchev–Trinajstić information content (AvgIpc) is 2.48. The van der Waals surface area contributed by atoms with E-state index in [1.54, 1.807) is 0 Å². The number of likely N-dealkylation sites (N-methyl/N-ethyl adjacent to an activating group) is 1. The zero-order valence-corrected chi connectivity index (χ0v) is 10.9. The highest BCUT2D eigenvalue weighted by atomic mass is 16.5. The molecule has 1 aliphatic heterocycles. The SMILES string of the molecule is CN(CC1CNCCO1)c1nnc2ccccc2n1. The minimum Gasteiger partial charge on any atom is -0.374 e. The fraction of sp³-hybridized carbons (Fsp3) is 0.462. The van der Waals surface area contributed by atoms with Gasteiger partial charge in [0.15, 0.2) is 0 Å². The van der Waals surface area contributed by atoms with Crippen molar-refractivity contribution in [3.8, 4) is 0 Å². The second-order valence-electron chi connectivity index (χ2n) is 4.68. The number of fused-ring (bicyclic) bond motifs is 1. The first-order valence-corrected chi connectivity index (χ1v) is 6.46. The molecule has 6 heteroatoms. The Morgan fingerprint density at radius 3 is 2.95 bits per heavy atom. The normalized spacial score (nSPS) is 19.5. The first kappa shape index (κ1) is 12.3. The largest absolute Gasteiger partial charge is 0.374 e. The van der Waals surface area contributed by atoms with Crippen molar-refractivity contribution in [2.24, 2.45) is 0 Å². The number of nitrogens with zero attached hydrogens (tertiary/aromatic N) is 4. The third-order valence-corrected chi connectivity index (χ3v) is 3.17. The molecule has 0 spiro atoms. The van der Waals surface area contributed by atoms with Gasteiger partial charge in [-0.15, -0.1) is 10.2 Å². The number of para-hydroxylation sites is 1. The lowest BCUT2D eigenvalue weighted by Crippen LogP contribution is -2.44. The first-order valence-electron chi connectivity index (χ1n) is 6.46. The van der Waals surface area contributed by atoms with E-state index in [1.165, 1.54) is 0 Å². The van der Waals surface area contributed by atoms with Crippen LogP contribution in [0.15, 0.2) is 24.3 Å². The number of anilines is 1. The van der Waals surface area contributed by atoms with Gasteiger partial charge in [0, 0.05) is 26.7 Å². The Morgan fingerprint density at radius 1 is 1.32 bits per heavy atom. The maximum atomic E-state index is 5.68. The Bertz CT molecular complexity index is 555. The van der Waals surface area contributed by atoms with Gasteiger partial charge in [-0.05, 0) is 12.1 Å². The molecule has 0 aliphatic carbocycles. The smallest absolute Gasteiger partial charge is 0.245 e. The van der Waals surface area contributed by atoms with E-state index in [0.29, 0.717) is 5.95 Å². The Morgan fingerprint density at radius 2 is 2.16 bits per heavy atom. The van der Waals surface area contributed by atoms with Crippen LogP contribution in [0.4, 0.5) is 5.95 Å². The van der Waals surface area contributed by atoms with Gasteiger partial charge in [-0.2, -0.15) is 0 Å². The minimum atomic E-state index is 0.175. The van der Waals surface area contributed by atoms with Crippen molar-refractivity contribution in [1.82, 2.24) is 20.5 Å². The van der Waals surface area contributed by atoms with Gasteiger partial charge < -0.3 is 15.0 Å². The van der Waals surface area contributed by atoms with E-state index in [-0.39, 0.29) is 6.10 Å². The molecule has 0 bridgehead atoms. The van der Waals surface area contributed by atoms with Gasteiger partial charge in [0.1, 0.15) is 5.52 Å². The number of aromatic nitrogens is 3. The molecule has 0 amide bonds. The maximum Gasteiger partial charge on any atom is 0.245 e. The summed E-state index contributed by atoms with van der Waals surface area (Å²) in [7, 11) is 1.96. The van der Waals surface area contributed by atoms with E-state index in [0.717, 1.165) is 37.3 Å². The Labute approximate surface area is 111 Å². The van der Waals surface area contributed by atoms with Gasteiger partial charge in [0.2, 0.25) is 5.95 Å². The third-order valence-electron chi connectivity index (χ3n) is 3.17. The molecule has 1 saturated heterocycles. The quantitative estimate of drug-likeness (QED) is 0.863. The van der Waals surface area contributed by atoms with Crippen molar-refractivity contribution in [3.63, 3.8) is 0 Å². The van der Waals surface area contributed by atoms with E-state index in [2.05, 4.69) is 20.5 Å². The van der Waals surface area contributed by atoms with E-state index in [1.807, 2.05) is 36.2 Å². The predicted octanol–water partition coefficient (Wildman–Crippen LogP) is 0.449. The molecule has 0 radical (unpaired) electrons. The van der Waals surface area contributed by atoms with Gasteiger partial charge in [-0.25, -0.2) is 4.98 Å². The second kappa shape index (κ2) is 5.46. The minimum absolute atomic E-state index is 0.175. The lowest BCUT2D eigenvalue weighted by atomic mass is 10.3.